The first-order chi connectivity index (χ1) is 13.7. The number of anilines is 1. The minimum Gasteiger partial charge on any atom is -0.490 e. The van der Waals surface area contributed by atoms with Crippen LogP contribution in [0.5, 0.6) is 11.5 Å². The highest BCUT2D eigenvalue weighted by Gasteiger charge is 2.14. The lowest BCUT2D eigenvalue weighted by Crippen LogP contribution is -2.12. The summed E-state index contributed by atoms with van der Waals surface area (Å²) >= 11 is 0. The average Bonchev–Trinajstić information content (AvgIpc) is 3.04. The van der Waals surface area contributed by atoms with E-state index in [4.69, 9.17) is 13.9 Å². The molecule has 1 amide bonds. The topological polar surface area (TPSA) is 73.6 Å². The van der Waals surface area contributed by atoms with E-state index >= 15 is 0 Å². The number of oxazole rings is 1. The monoisotopic (exact) mass is 382 g/mol. The molecular formula is C21H19FN2O4. The fraction of sp³-hybridized carbons (Fsp3) is 0.238. The van der Waals surface area contributed by atoms with Gasteiger partial charge in [0.2, 0.25) is 5.91 Å². The molecule has 1 aliphatic heterocycles. The third kappa shape index (κ3) is 4.14. The van der Waals surface area contributed by atoms with Gasteiger partial charge < -0.3 is 19.2 Å². The van der Waals surface area contributed by atoms with Crippen LogP contribution in [0.2, 0.25) is 0 Å². The lowest BCUT2D eigenvalue weighted by Gasteiger charge is -2.10. The van der Waals surface area contributed by atoms with Gasteiger partial charge >= 0.3 is 0 Å². The molecule has 0 unspecified atom stereocenters. The van der Waals surface area contributed by atoms with E-state index in [1.807, 2.05) is 0 Å². The van der Waals surface area contributed by atoms with Gasteiger partial charge in [0, 0.05) is 31.0 Å². The molecule has 0 radical (unpaired) electrons. The Bertz CT molecular complexity index is 986. The number of hydrogen-bond donors (Lipinski definition) is 1. The maximum atomic E-state index is 13.8. The molecule has 0 atom stereocenters. The fourth-order valence-electron chi connectivity index (χ4n) is 2.90. The normalized spacial score (nSPS) is 13.0. The molecule has 2 aromatic carbocycles. The van der Waals surface area contributed by atoms with Gasteiger partial charge in [-0.2, -0.15) is 0 Å². The van der Waals surface area contributed by atoms with E-state index in [2.05, 4.69) is 10.3 Å². The lowest BCUT2D eigenvalue weighted by atomic mass is 10.2. The molecule has 3 aromatic rings. The highest BCUT2D eigenvalue weighted by atomic mass is 19.1. The first-order valence-corrected chi connectivity index (χ1v) is 9.08. The summed E-state index contributed by atoms with van der Waals surface area (Å²) in [7, 11) is 0. The first kappa shape index (κ1) is 18.0. The minimum atomic E-state index is -0.377. The Hall–Kier alpha value is -3.35. The second-order valence-corrected chi connectivity index (χ2v) is 6.36. The molecule has 0 spiro atoms. The molecular weight excluding hydrogens is 363 g/mol. The van der Waals surface area contributed by atoms with Gasteiger partial charge in [-0.05, 0) is 24.3 Å². The quantitative estimate of drug-likeness (QED) is 0.715. The Kier molecular flexibility index (Phi) is 5.23. The minimum absolute atomic E-state index is 0.180. The molecule has 0 fully saturated rings. The molecule has 28 heavy (non-hydrogen) atoms. The molecule has 4 rings (SSSR count). The molecule has 0 saturated heterocycles. The number of fused-ring (bicyclic) bond motifs is 1. The van der Waals surface area contributed by atoms with Crippen molar-refractivity contribution in [3.8, 4) is 22.8 Å². The van der Waals surface area contributed by atoms with E-state index in [9.17, 15) is 9.18 Å². The van der Waals surface area contributed by atoms with E-state index in [0.717, 1.165) is 6.42 Å². The molecule has 6 nitrogen and oxygen atoms in total. The second kappa shape index (κ2) is 8.12. The Labute approximate surface area is 161 Å². The number of carbonyl (C=O) groups excluding carboxylic acids is 1. The fourth-order valence-corrected chi connectivity index (χ4v) is 2.90. The summed E-state index contributed by atoms with van der Waals surface area (Å²) in [4.78, 5) is 16.4. The van der Waals surface area contributed by atoms with Gasteiger partial charge in [0.15, 0.2) is 23.1 Å². The van der Waals surface area contributed by atoms with Crippen molar-refractivity contribution < 1.29 is 23.1 Å². The molecule has 0 bridgehead atoms. The van der Waals surface area contributed by atoms with Crippen LogP contribution in [0.4, 0.5) is 10.1 Å². The van der Waals surface area contributed by atoms with Crippen molar-refractivity contribution in [3.63, 3.8) is 0 Å². The summed E-state index contributed by atoms with van der Waals surface area (Å²) < 4.78 is 30.6. The SMILES string of the molecule is O=C(CCc1ncc(-c2ccccc2F)o1)Nc1ccc2c(c1)OCCCO2. The van der Waals surface area contributed by atoms with Crippen LogP contribution < -0.4 is 14.8 Å². The number of nitrogens with zero attached hydrogens (tertiary/aromatic N) is 1. The number of halogens is 1. The largest absolute Gasteiger partial charge is 0.490 e. The number of ether oxygens (including phenoxy) is 2. The molecule has 0 saturated carbocycles. The molecule has 1 aromatic heterocycles. The Morgan fingerprint density at radius 2 is 1.93 bits per heavy atom. The van der Waals surface area contributed by atoms with Crippen LogP contribution in [0.3, 0.4) is 0 Å². The van der Waals surface area contributed by atoms with Gasteiger partial charge in [0.05, 0.1) is 25.0 Å². The number of aromatic nitrogens is 1. The van der Waals surface area contributed by atoms with Gasteiger partial charge in [-0.25, -0.2) is 9.37 Å². The summed E-state index contributed by atoms with van der Waals surface area (Å²) in [5.41, 5.74) is 0.978. The van der Waals surface area contributed by atoms with Crippen LogP contribution in [0.25, 0.3) is 11.3 Å². The van der Waals surface area contributed by atoms with Crippen molar-refractivity contribution >= 4 is 11.6 Å². The van der Waals surface area contributed by atoms with E-state index < -0.39 is 0 Å². The molecule has 0 aliphatic carbocycles. The molecule has 1 N–H and O–H groups in total. The average molecular weight is 382 g/mol. The van der Waals surface area contributed by atoms with Gasteiger partial charge in [-0.3, -0.25) is 4.79 Å². The van der Waals surface area contributed by atoms with Crippen molar-refractivity contribution in [1.29, 1.82) is 0 Å². The summed E-state index contributed by atoms with van der Waals surface area (Å²) in [6.45, 7) is 1.20. The zero-order valence-corrected chi connectivity index (χ0v) is 15.1. The summed E-state index contributed by atoms with van der Waals surface area (Å²) in [5.74, 6) is 1.47. The first-order valence-electron chi connectivity index (χ1n) is 9.08. The molecule has 2 heterocycles. The van der Waals surface area contributed by atoms with Crippen molar-refractivity contribution in [2.24, 2.45) is 0 Å². The van der Waals surface area contributed by atoms with Gasteiger partial charge in [-0.1, -0.05) is 12.1 Å². The highest BCUT2D eigenvalue weighted by molar-refractivity contribution is 5.91. The zero-order valence-electron chi connectivity index (χ0n) is 15.1. The predicted octanol–water partition coefficient (Wildman–Crippen LogP) is 4.21. The van der Waals surface area contributed by atoms with E-state index in [1.165, 1.54) is 12.3 Å². The van der Waals surface area contributed by atoms with Gasteiger partial charge in [0.1, 0.15) is 5.82 Å². The predicted molar refractivity (Wildman–Crippen MR) is 101 cm³/mol. The van der Waals surface area contributed by atoms with E-state index in [0.29, 0.717) is 54.0 Å². The van der Waals surface area contributed by atoms with Crippen LogP contribution in [0, 0.1) is 5.82 Å². The maximum Gasteiger partial charge on any atom is 0.224 e. The zero-order chi connectivity index (χ0) is 19.3. The van der Waals surface area contributed by atoms with Crippen molar-refractivity contribution in [1.82, 2.24) is 4.98 Å². The third-order valence-electron chi connectivity index (χ3n) is 4.29. The summed E-state index contributed by atoms with van der Waals surface area (Å²) in [6.07, 6.45) is 2.79. The van der Waals surface area contributed by atoms with Crippen LogP contribution in [0.15, 0.2) is 53.1 Å². The smallest absolute Gasteiger partial charge is 0.224 e. The van der Waals surface area contributed by atoms with Gasteiger partial charge in [0.25, 0.3) is 0 Å². The van der Waals surface area contributed by atoms with Crippen LogP contribution >= 0.6 is 0 Å². The molecule has 7 heteroatoms. The summed E-state index contributed by atoms with van der Waals surface area (Å²) in [6, 6.07) is 11.6. The highest BCUT2D eigenvalue weighted by Crippen LogP contribution is 2.32. The van der Waals surface area contributed by atoms with Crippen LogP contribution in [0.1, 0.15) is 18.7 Å². The third-order valence-corrected chi connectivity index (χ3v) is 4.29. The number of aryl methyl sites for hydroxylation is 1. The Morgan fingerprint density at radius 1 is 1.11 bits per heavy atom. The lowest BCUT2D eigenvalue weighted by molar-refractivity contribution is -0.116. The Morgan fingerprint density at radius 3 is 2.79 bits per heavy atom. The van der Waals surface area contributed by atoms with Crippen LogP contribution in [-0.4, -0.2) is 24.1 Å². The number of nitrogens with one attached hydrogen (secondary N) is 1. The number of amides is 1. The van der Waals surface area contributed by atoms with Crippen molar-refractivity contribution in [2.45, 2.75) is 19.3 Å². The standard InChI is InChI=1S/C21H19FN2O4/c22-16-5-2-1-4-15(16)19-13-23-21(28-19)9-8-20(25)24-14-6-7-17-18(12-14)27-11-3-10-26-17/h1-2,4-7,12-13H,3,8-11H2,(H,24,25). The second-order valence-electron chi connectivity index (χ2n) is 6.36. The van der Waals surface area contributed by atoms with Crippen molar-refractivity contribution in [2.75, 3.05) is 18.5 Å². The number of rotatable bonds is 5. The summed E-state index contributed by atoms with van der Waals surface area (Å²) in [5, 5.41) is 2.83. The molecule has 1 aliphatic rings. The van der Waals surface area contributed by atoms with Gasteiger partial charge in [-0.15, -0.1) is 0 Å². The number of hydrogen-bond acceptors (Lipinski definition) is 5. The molecule has 144 valence electrons. The van der Waals surface area contributed by atoms with Crippen LogP contribution in [-0.2, 0) is 11.2 Å². The maximum absolute atomic E-state index is 13.8. The van der Waals surface area contributed by atoms with E-state index in [1.54, 1.807) is 36.4 Å². The number of benzene rings is 2. The van der Waals surface area contributed by atoms with E-state index in [-0.39, 0.29) is 18.1 Å². The van der Waals surface area contributed by atoms with Crippen molar-refractivity contribution in [3.05, 3.63) is 60.4 Å². The Balaban J connectivity index is 1.35. The number of carbonyl (C=O) groups is 1.